The van der Waals surface area contributed by atoms with Crippen LogP contribution in [-0.2, 0) is 16.0 Å². The second-order valence-corrected chi connectivity index (χ2v) is 7.00. The number of amides is 2. The van der Waals surface area contributed by atoms with Gasteiger partial charge in [-0.25, -0.2) is 4.79 Å². The molecule has 1 aromatic rings. The van der Waals surface area contributed by atoms with Crippen molar-refractivity contribution in [3.05, 3.63) is 27.7 Å². The number of phenolic OH excluding ortho intramolecular Hbond substituents is 1. The monoisotopic (exact) mass is 387 g/mol. The first kappa shape index (κ1) is 20.9. The van der Waals surface area contributed by atoms with E-state index in [2.05, 4.69) is 10.6 Å². The number of benzene rings is 1. The van der Waals surface area contributed by atoms with Gasteiger partial charge in [-0.05, 0) is 38.5 Å². The average molecular weight is 388 g/mol. The Kier molecular flexibility index (Phi) is 7.34. The van der Waals surface area contributed by atoms with E-state index in [1.807, 2.05) is 0 Å². The summed E-state index contributed by atoms with van der Waals surface area (Å²) in [5.41, 5.74) is -0.218. The highest BCUT2D eigenvalue weighted by molar-refractivity contribution is 6.37. The number of carbonyl (C=O) groups is 2. The summed E-state index contributed by atoms with van der Waals surface area (Å²) in [6, 6.07) is 3.64. The van der Waals surface area contributed by atoms with Gasteiger partial charge >= 0.3 is 6.09 Å². The van der Waals surface area contributed by atoms with Crippen molar-refractivity contribution in [1.29, 1.82) is 5.26 Å². The van der Waals surface area contributed by atoms with Gasteiger partial charge in [0.2, 0.25) is 5.91 Å². The molecule has 136 valence electrons. The Labute approximate surface area is 155 Å². The molecule has 1 aromatic carbocycles. The number of nitriles is 1. The summed E-state index contributed by atoms with van der Waals surface area (Å²) in [6.45, 7) is 4.87. The number of hydrogen-bond donors (Lipinski definition) is 3. The molecule has 2 amide bonds. The molecule has 7 nitrogen and oxygen atoms in total. The molecule has 1 atom stereocenters. The SMILES string of the molecule is CC(C)(C)OC(=O)N[C@@H](Cc1cc(Cl)c(O)c(Cl)c1)C(=O)NCC#N. The molecule has 25 heavy (non-hydrogen) atoms. The van der Waals surface area contributed by atoms with E-state index in [1.165, 1.54) is 12.1 Å². The fraction of sp³-hybridized carbons (Fsp3) is 0.438. The second kappa shape index (κ2) is 8.79. The summed E-state index contributed by atoms with van der Waals surface area (Å²) >= 11 is 11.7. The number of rotatable bonds is 5. The first-order valence-corrected chi connectivity index (χ1v) is 8.10. The van der Waals surface area contributed by atoms with Gasteiger partial charge < -0.3 is 20.5 Å². The van der Waals surface area contributed by atoms with E-state index in [1.54, 1.807) is 26.8 Å². The summed E-state index contributed by atoms with van der Waals surface area (Å²) in [5.74, 6) is -0.828. The van der Waals surface area contributed by atoms with Gasteiger partial charge in [0.25, 0.3) is 0 Å². The van der Waals surface area contributed by atoms with Crippen molar-refractivity contribution in [2.24, 2.45) is 0 Å². The Morgan fingerprint density at radius 1 is 1.32 bits per heavy atom. The van der Waals surface area contributed by atoms with Crippen molar-refractivity contribution in [3.63, 3.8) is 0 Å². The number of hydrogen-bond acceptors (Lipinski definition) is 5. The van der Waals surface area contributed by atoms with Gasteiger partial charge in [0.05, 0.1) is 16.1 Å². The largest absolute Gasteiger partial charge is 0.505 e. The number of ether oxygens (including phenoxy) is 1. The molecule has 0 aliphatic heterocycles. The quantitative estimate of drug-likeness (QED) is 0.672. The molecule has 0 spiro atoms. The second-order valence-electron chi connectivity index (χ2n) is 6.19. The average Bonchev–Trinajstić information content (AvgIpc) is 2.47. The van der Waals surface area contributed by atoms with Crippen LogP contribution in [0, 0.1) is 11.3 Å². The van der Waals surface area contributed by atoms with Gasteiger partial charge in [0, 0.05) is 6.42 Å². The van der Waals surface area contributed by atoms with E-state index in [0.717, 1.165) is 0 Å². The van der Waals surface area contributed by atoms with Crippen LogP contribution >= 0.6 is 23.2 Å². The summed E-state index contributed by atoms with van der Waals surface area (Å²) in [6.07, 6.45) is -0.739. The minimum absolute atomic E-state index is 0.0240. The number of alkyl carbamates (subject to hydrolysis) is 1. The van der Waals surface area contributed by atoms with Gasteiger partial charge in [-0.15, -0.1) is 0 Å². The summed E-state index contributed by atoms with van der Waals surface area (Å²) in [5, 5.41) is 23.1. The lowest BCUT2D eigenvalue weighted by Crippen LogP contribution is -2.49. The van der Waals surface area contributed by atoms with Gasteiger partial charge in [-0.2, -0.15) is 5.26 Å². The van der Waals surface area contributed by atoms with E-state index >= 15 is 0 Å². The predicted octanol–water partition coefficient (Wildman–Crippen LogP) is 2.77. The van der Waals surface area contributed by atoms with Crippen molar-refractivity contribution < 1.29 is 19.4 Å². The number of nitrogens with one attached hydrogen (secondary N) is 2. The standard InChI is InChI=1S/C16H19Cl2N3O4/c1-16(2,3)25-15(24)21-12(14(23)20-5-4-19)8-9-6-10(17)13(22)11(18)7-9/h6-7,12,22H,5,8H2,1-3H3,(H,20,23)(H,21,24)/t12-/m0/s1. The van der Waals surface area contributed by atoms with Crippen LogP contribution in [0.4, 0.5) is 4.79 Å². The Morgan fingerprint density at radius 3 is 2.36 bits per heavy atom. The molecule has 0 fully saturated rings. The highest BCUT2D eigenvalue weighted by Crippen LogP contribution is 2.33. The summed E-state index contributed by atoms with van der Waals surface area (Å²) < 4.78 is 5.14. The van der Waals surface area contributed by atoms with Crippen molar-refractivity contribution >= 4 is 35.2 Å². The maximum absolute atomic E-state index is 12.2. The van der Waals surface area contributed by atoms with Crippen LogP contribution in [0.15, 0.2) is 12.1 Å². The van der Waals surface area contributed by atoms with Crippen LogP contribution in [0.25, 0.3) is 0 Å². The molecule has 0 heterocycles. The molecule has 1 rings (SSSR count). The predicted molar refractivity (Wildman–Crippen MR) is 93.6 cm³/mol. The lowest BCUT2D eigenvalue weighted by molar-refractivity contribution is -0.122. The molecule has 0 aliphatic rings. The van der Waals surface area contributed by atoms with Crippen LogP contribution in [0.1, 0.15) is 26.3 Å². The molecule has 0 bridgehead atoms. The molecule has 0 unspecified atom stereocenters. The fourth-order valence-electron chi connectivity index (χ4n) is 1.88. The third kappa shape index (κ3) is 7.08. The zero-order valence-electron chi connectivity index (χ0n) is 14.0. The highest BCUT2D eigenvalue weighted by Gasteiger charge is 2.25. The number of nitrogens with zero attached hydrogens (tertiary/aromatic N) is 1. The van der Waals surface area contributed by atoms with E-state index in [4.69, 9.17) is 33.2 Å². The topological polar surface area (TPSA) is 111 Å². The number of aromatic hydroxyl groups is 1. The maximum atomic E-state index is 12.2. The van der Waals surface area contributed by atoms with Crippen LogP contribution < -0.4 is 10.6 Å². The van der Waals surface area contributed by atoms with Crippen molar-refractivity contribution in [2.45, 2.75) is 38.8 Å². The molecule has 0 saturated heterocycles. The van der Waals surface area contributed by atoms with Gasteiger partial charge in [-0.1, -0.05) is 23.2 Å². The molecule has 0 radical (unpaired) electrons. The number of carbonyl (C=O) groups excluding carboxylic acids is 2. The number of phenols is 1. The number of halogens is 2. The Hall–Kier alpha value is -2.17. The lowest BCUT2D eigenvalue weighted by atomic mass is 10.0. The summed E-state index contributed by atoms with van der Waals surface area (Å²) in [4.78, 5) is 24.2. The smallest absolute Gasteiger partial charge is 0.408 e. The van der Waals surface area contributed by atoms with Gasteiger partial charge in [0.15, 0.2) is 5.75 Å². The summed E-state index contributed by atoms with van der Waals surface area (Å²) in [7, 11) is 0. The minimum Gasteiger partial charge on any atom is -0.505 e. The molecular weight excluding hydrogens is 369 g/mol. The molecule has 9 heteroatoms. The fourth-order valence-corrected chi connectivity index (χ4v) is 2.41. The molecule has 0 saturated carbocycles. The van der Waals surface area contributed by atoms with Crippen LogP contribution in [-0.4, -0.2) is 35.3 Å². The van der Waals surface area contributed by atoms with Gasteiger partial charge in [-0.3, -0.25) is 4.79 Å². The van der Waals surface area contributed by atoms with Crippen LogP contribution in [0.5, 0.6) is 5.75 Å². The molecular formula is C16H19Cl2N3O4. The normalized spacial score (nSPS) is 12.0. The van der Waals surface area contributed by atoms with Crippen LogP contribution in [0.3, 0.4) is 0 Å². The highest BCUT2D eigenvalue weighted by atomic mass is 35.5. The van der Waals surface area contributed by atoms with E-state index in [0.29, 0.717) is 5.56 Å². The first-order valence-electron chi connectivity index (χ1n) is 7.34. The van der Waals surface area contributed by atoms with E-state index in [9.17, 15) is 14.7 Å². The Balaban J connectivity index is 2.97. The lowest BCUT2D eigenvalue weighted by Gasteiger charge is -2.23. The van der Waals surface area contributed by atoms with Crippen LogP contribution in [0.2, 0.25) is 10.0 Å². The molecule has 0 aliphatic carbocycles. The minimum atomic E-state index is -1.01. The van der Waals surface area contributed by atoms with Crippen molar-refractivity contribution in [2.75, 3.05) is 6.54 Å². The Morgan fingerprint density at radius 2 is 1.88 bits per heavy atom. The first-order chi connectivity index (χ1) is 11.5. The maximum Gasteiger partial charge on any atom is 0.408 e. The Bertz CT molecular complexity index is 673. The van der Waals surface area contributed by atoms with Crippen molar-refractivity contribution in [3.8, 4) is 11.8 Å². The zero-order chi connectivity index (χ0) is 19.2. The van der Waals surface area contributed by atoms with E-state index < -0.39 is 23.6 Å². The third-order valence-electron chi connectivity index (χ3n) is 2.87. The molecule has 0 aromatic heterocycles. The third-order valence-corrected chi connectivity index (χ3v) is 3.44. The van der Waals surface area contributed by atoms with Crippen molar-refractivity contribution in [1.82, 2.24) is 10.6 Å². The molecule has 3 N–H and O–H groups in total. The van der Waals surface area contributed by atoms with E-state index in [-0.39, 0.29) is 28.8 Å². The van der Waals surface area contributed by atoms with Gasteiger partial charge in [0.1, 0.15) is 18.2 Å². The zero-order valence-corrected chi connectivity index (χ0v) is 15.5.